The van der Waals surface area contributed by atoms with Crippen LogP contribution in [0.3, 0.4) is 0 Å². The summed E-state index contributed by atoms with van der Waals surface area (Å²) in [5.74, 6) is -0.153. The van der Waals surface area contributed by atoms with Crippen molar-refractivity contribution in [2.24, 2.45) is 10.9 Å². The lowest BCUT2D eigenvalue weighted by atomic mass is 10.1. The zero-order valence-corrected chi connectivity index (χ0v) is 11.7. The van der Waals surface area contributed by atoms with Gasteiger partial charge in [0.05, 0.1) is 11.5 Å². The van der Waals surface area contributed by atoms with Crippen molar-refractivity contribution in [1.82, 2.24) is 0 Å². The van der Waals surface area contributed by atoms with E-state index in [4.69, 9.17) is 15.7 Å². The van der Waals surface area contributed by atoms with E-state index < -0.39 is 4.92 Å². The zero-order chi connectivity index (χ0) is 15.4. The van der Waals surface area contributed by atoms with Gasteiger partial charge in [0, 0.05) is 31.3 Å². The van der Waals surface area contributed by atoms with Gasteiger partial charge in [0.25, 0.3) is 5.69 Å². The number of rotatable bonds is 7. The second-order valence-corrected chi connectivity index (χ2v) is 4.86. The summed E-state index contributed by atoms with van der Waals surface area (Å²) in [5, 5.41) is 22.9. The number of ether oxygens (including phenoxy) is 1. The molecule has 0 amide bonds. The summed E-state index contributed by atoms with van der Waals surface area (Å²) >= 11 is 0. The second kappa shape index (κ2) is 6.40. The number of nitrogens with two attached hydrogens (primary N) is 1. The number of oxime groups is 1. The summed E-state index contributed by atoms with van der Waals surface area (Å²) in [4.78, 5) is 12.8. The molecule has 0 saturated heterocycles. The van der Waals surface area contributed by atoms with E-state index >= 15 is 0 Å². The lowest BCUT2D eigenvalue weighted by Crippen LogP contribution is -2.30. The van der Waals surface area contributed by atoms with Gasteiger partial charge in [-0.2, -0.15) is 0 Å². The first-order valence-corrected chi connectivity index (χ1v) is 6.60. The molecule has 8 nitrogen and oxygen atoms in total. The van der Waals surface area contributed by atoms with Crippen LogP contribution >= 0.6 is 0 Å². The number of benzene rings is 1. The van der Waals surface area contributed by atoms with E-state index in [1.54, 1.807) is 19.2 Å². The Bertz CT molecular complexity index is 557. The SMILES string of the molecule is COCCN(c1ccc(C(N)=NO)cc1[N+](=O)[O-])C1CC1. The van der Waals surface area contributed by atoms with Crippen molar-refractivity contribution >= 4 is 17.2 Å². The van der Waals surface area contributed by atoms with Gasteiger partial charge >= 0.3 is 0 Å². The van der Waals surface area contributed by atoms with Gasteiger partial charge in [-0.05, 0) is 25.0 Å². The number of hydrogen-bond acceptors (Lipinski definition) is 6. The summed E-state index contributed by atoms with van der Waals surface area (Å²) in [6.45, 7) is 1.08. The van der Waals surface area contributed by atoms with Crippen LogP contribution in [-0.2, 0) is 4.74 Å². The molecule has 21 heavy (non-hydrogen) atoms. The number of nitro groups is 1. The van der Waals surface area contributed by atoms with Crippen LogP contribution in [0.1, 0.15) is 18.4 Å². The van der Waals surface area contributed by atoms with Crippen molar-refractivity contribution in [3.05, 3.63) is 33.9 Å². The van der Waals surface area contributed by atoms with Crippen LogP contribution in [0.2, 0.25) is 0 Å². The van der Waals surface area contributed by atoms with E-state index in [0.717, 1.165) is 12.8 Å². The molecule has 0 bridgehead atoms. The highest BCUT2D eigenvalue weighted by atomic mass is 16.6. The molecular weight excluding hydrogens is 276 g/mol. The van der Waals surface area contributed by atoms with Crippen molar-refractivity contribution in [3.8, 4) is 0 Å². The maximum atomic E-state index is 11.3. The predicted molar refractivity (Wildman–Crippen MR) is 77.9 cm³/mol. The van der Waals surface area contributed by atoms with Crippen molar-refractivity contribution < 1.29 is 14.9 Å². The van der Waals surface area contributed by atoms with E-state index in [2.05, 4.69) is 5.16 Å². The summed E-state index contributed by atoms with van der Waals surface area (Å²) in [5.41, 5.74) is 6.28. The third-order valence-electron chi connectivity index (χ3n) is 3.41. The maximum Gasteiger partial charge on any atom is 0.293 e. The first-order valence-electron chi connectivity index (χ1n) is 6.60. The fourth-order valence-corrected chi connectivity index (χ4v) is 2.21. The van der Waals surface area contributed by atoms with Gasteiger partial charge in [-0.3, -0.25) is 10.1 Å². The van der Waals surface area contributed by atoms with Gasteiger partial charge < -0.3 is 20.6 Å². The van der Waals surface area contributed by atoms with Crippen molar-refractivity contribution in [3.63, 3.8) is 0 Å². The maximum absolute atomic E-state index is 11.3. The van der Waals surface area contributed by atoms with Crippen LogP contribution < -0.4 is 10.6 Å². The van der Waals surface area contributed by atoms with E-state index in [1.165, 1.54) is 6.07 Å². The largest absolute Gasteiger partial charge is 0.409 e. The fraction of sp³-hybridized carbons (Fsp3) is 0.462. The Morgan fingerprint density at radius 1 is 1.62 bits per heavy atom. The Kier molecular flexibility index (Phi) is 4.59. The molecule has 3 N–H and O–H groups in total. The molecule has 1 aromatic rings. The van der Waals surface area contributed by atoms with Crippen LogP contribution in [-0.4, -0.2) is 42.3 Å². The molecule has 1 aliphatic rings. The van der Waals surface area contributed by atoms with Crippen LogP contribution in [0, 0.1) is 10.1 Å². The summed E-state index contributed by atoms with van der Waals surface area (Å²) < 4.78 is 5.07. The summed E-state index contributed by atoms with van der Waals surface area (Å²) in [6.07, 6.45) is 2.03. The molecule has 0 heterocycles. The number of amidine groups is 1. The number of hydrogen-bond donors (Lipinski definition) is 2. The molecule has 1 fully saturated rings. The average Bonchev–Trinajstić information content (AvgIpc) is 3.31. The Morgan fingerprint density at radius 3 is 2.86 bits per heavy atom. The number of methoxy groups -OCH3 is 1. The Hall–Kier alpha value is -2.35. The Balaban J connectivity index is 2.38. The molecule has 2 rings (SSSR count). The number of anilines is 1. The minimum atomic E-state index is -0.453. The smallest absolute Gasteiger partial charge is 0.293 e. The topological polar surface area (TPSA) is 114 Å². The van der Waals surface area contributed by atoms with E-state index in [9.17, 15) is 10.1 Å². The Labute approximate surface area is 121 Å². The Morgan fingerprint density at radius 2 is 2.33 bits per heavy atom. The van der Waals surface area contributed by atoms with Gasteiger partial charge in [0.2, 0.25) is 0 Å². The van der Waals surface area contributed by atoms with Crippen molar-refractivity contribution in [2.45, 2.75) is 18.9 Å². The minimum absolute atomic E-state index is 0.0536. The van der Waals surface area contributed by atoms with Crippen LogP contribution in [0.25, 0.3) is 0 Å². The molecule has 1 aliphatic carbocycles. The number of nitrogens with zero attached hydrogens (tertiary/aromatic N) is 3. The lowest BCUT2D eigenvalue weighted by molar-refractivity contribution is -0.384. The lowest BCUT2D eigenvalue weighted by Gasteiger charge is -2.24. The second-order valence-electron chi connectivity index (χ2n) is 4.86. The van der Waals surface area contributed by atoms with Crippen molar-refractivity contribution in [1.29, 1.82) is 0 Å². The normalized spacial score (nSPS) is 15.0. The summed E-state index contributed by atoms with van der Waals surface area (Å²) in [6, 6.07) is 4.89. The highest BCUT2D eigenvalue weighted by Gasteiger charge is 2.33. The molecule has 0 aliphatic heterocycles. The van der Waals surface area contributed by atoms with Crippen LogP contribution in [0.15, 0.2) is 23.4 Å². The molecule has 8 heteroatoms. The van der Waals surface area contributed by atoms with Gasteiger partial charge in [-0.15, -0.1) is 0 Å². The van der Waals surface area contributed by atoms with Gasteiger partial charge in [-0.1, -0.05) is 5.16 Å². The molecule has 0 atom stereocenters. The monoisotopic (exact) mass is 294 g/mol. The van der Waals surface area contributed by atoms with Gasteiger partial charge in [0.1, 0.15) is 5.69 Å². The van der Waals surface area contributed by atoms with E-state index in [1.807, 2.05) is 4.90 Å². The average molecular weight is 294 g/mol. The molecular formula is C13H18N4O4. The third-order valence-corrected chi connectivity index (χ3v) is 3.41. The third kappa shape index (κ3) is 3.40. The molecule has 0 unspecified atom stereocenters. The minimum Gasteiger partial charge on any atom is -0.409 e. The quantitative estimate of drug-likeness (QED) is 0.257. The number of nitro benzene ring substituents is 1. The van der Waals surface area contributed by atoms with Gasteiger partial charge in [0.15, 0.2) is 5.84 Å². The highest BCUT2D eigenvalue weighted by molar-refractivity contribution is 5.98. The molecule has 0 radical (unpaired) electrons. The molecule has 114 valence electrons. The predicted octanol–water partition coefficient (Wildman–Crippen LogP) is 1.30. The zero-order valence-electron chi connectivity index (χ0n) is 11.7. The first kappa shape index (κ1) is 15.0. The van der Waals surface area contributed by atoms with E-state index in [-0.39, 0.29) is 11.5 Å². The summed E-state index contributed by atoms with van der Waals surface area (Å²) in [7, 11) is 1.60. The van der Waals surface area contributed by atoms with Crippen LogP contribution in [0.5, 0.6) is 0 Å². The standard InChI is InChI=1S/C13H18N4O4/c1-21-7-6-16(10-3-4-10)11-5-2-9(13(14)15-18)8-12(11)17(19)20/h2,5,8,10,18H,3-4,6-7H2,1H3,(H2,14,15). The molecule has 0 spiro atoms. The fourth-order valence-electron chi connectivity index (χ4n) is 2.21. The first-order chi connectivity index (χ1) is 10.1. The van der Waals surface area contributed by atoms with Crippen LogP contribution in [0.4, 0.5) is 11.4 Å². The molecule has 1 aromatic carbocycles. The highest BCUT2D eigenvalue weighted by Crippen LogP contribution is 2.37. The van der Waals surface area contributed by atoms with Gasteiger partial charge in [-0.25, -0.2) is 0 Å². The van der Waals surface area contributed by atoms with E-state index in [0.29, 0.717) is 30.4 Å². The van der Waals surface area contributed by atoms with Crippen molar-refractivity contribution in [2.75, 3.05) is 25.2 Å². The molecule has 1 saturated carbocycles. The molecule has 0 aromatic heterocycles.